The Morgan fingerprint density at radius 2 is 1.80 bits per heavy atom. The van der Waals surface area contributed by atoms with Crippen LogP contribution in [0.5, 0.6) is 17.2 Å². The Labute approximate surface area is 257 Å². The monoisotopic (exact) mass is 639 g/mol. The fourth-order valence-corrected chi connectivity index (χ4v) is 5.84. The first-order valence-electron chi connectivity index (χ1n) is 13.4. The highest BCUT2D eigenvalue weighted by Crippen LogP contribution is 2.40. The van der Waals surface area contributed by atoms with E-state index >= 15 is 0 Å². The van der Waals surface area contributed by atoms with E-state index in [1.54, 1.807) is 38.1 Å². The summed E-state index contributed by atoms with van der Waals surface area (Å²) in [5, 5.41) is 11.5. The molecule has 45 heavy (non-hydrogen) atoms. The zero-order valence-electron chi connectivity index (χ0n) is 24.0. The molecule has 0 spiro atoms. The topological polar surface area (TPSA) is 122 Å². The van der Waals surface area contributed by atoms with Crippen molar-refractivity contribution < 1.29 is 37.1 Å². The number of fused-ring (bicyclic) bond motifs is 1. The molecule has 0 fully saturated rings. The number of halogens is 3. The van der Waals surface area contributed by atoms with Crippen LogP contribution >= 0.6 is 11.3 Å². The summed E-state index contributed by atoms with van der Waals surface area (Å²) in [7, 11) is 1.32. The van der Waals surface area contributed by atoms with Crippen LogP contribution in [-0.4, -0.2) is 29.2 Å². The SMILES string of the molecule is CCOC(=O)C1=C(C)N=c2s/c(=C\c3ccc(Oc4ccc(C(F)(F)F)cc4[N+](=O)[O-])c(OC)c3)c(=O)n2[C@H]1c1ccccc1. The van der Waals surface area contributed by atoms with Crippen LogP contribution in [0.1, 0.15) is 36.6 Å². The van der Waals surface area contributed by atoms with Gasteiger partial charge in [0.2, 0.25) is 5.75 Å². The van der Waals surface area contributed by atoms with Gasteiger partial charge in [-0.25, -0.2) is 9.79 Å². The maximum absolute atomic E-state index is 13.8. The van der Waals surface area contributed by atoms with Crippen molar-refractivity contribution in [2.24, 2.45) is 4.99 Å². The average molecular weight is 640 g/mol. The van der Waals surface area contributed by atoms with Gasteiger partial charge >= 0.3 is 17.8 Å². The number of methoxy groups -OCH3 is 1. The molecule has 0 saturated heterocycles. The molecule has 1 atom stereocenters. The van der Waals surface area contributed by atoms with Crippen molar-refractivity contribution in [1.82, 2.24) is 4.57 Å². The number of ether oxygens (including phenoxy) is 3. The van der Waals surface area contributed by atoms with Crippen molar-refractivity contribution in [3.05, 3.63) is 124 Å². The molecule has 1 aromatic heterocycles. The number of nitro groups is 1. The lowest BCUT2D eigenvalue weighted by molar-refractivity contribution is -0.385. The Morgan fingerprint density at radius 1 is 1.09 bits per heavy atom. The van der Waals surface area contributed by atoms with E-state index < -0.39 is 45.7 Å². The van der Waals surface area contributed by atoms with Crippen molar-refractivity contribution in [2.75, 3.05) is 13.7 Å². The molecule has 1 aliphatic rings. The van der Waals surface area contributed by atoms with Crippen LogP contribution in [0.4, 0.5) is 18.9 Å². The van der Waals surface area contributed by atoms with Gasteiger partial charge in [0.05, 0.1) is 46.0 Å². The molecule has 3 aromatic carbocycles. The highest BCUT2D eigenvalue weighted by molar-refractivity contribution is 7.07. The Kier molecular flexibility index (Phi) is 8.60. The number of allylic oxidation sites excluding steroid dienone is 1. The maximum atomic E-state index is 13.8. The van der Waals surface area contributed by atoms with E-state index in [9.17, 15) is 32.9 Å². The zero-order chi connectivity index (χ0) is 32.5. The second kappa shape index (κ2) is 12.4. The molecule has 0 saturated carbocycles. The summed E-state index contributed by atoms with van der Waals surface area (Å²) in [5.74, 6) is -0.886. The molecule has 0 N–H and O–H groups in total. The number of benzene rings is 3. The molecule has 0 bridgehead atoms. The van der Waals surface area contributed by atoms with Crippen LogP contribution in [0.15, 0.2) is 87.8 Å². The highest BCUT2D eigenvalue weighted by Gasteiger charge is 2.34. The lowest BCUT2D eigenvalue weighted by Crippen LogP contribution is -2.39. The molecule has 0 unspecified atom stereocenters. The number of nitrogens with zero attached hydrogens (tertiary/aromatic N) is 3. The third-order valence-electron chi connectivity index (χ3n) is 6.82. The summed E-state index contributed by atoms with van der Waals surface area (Å²) in [4.78, 5) is 42.2. The van der Waals surface area contributed by atoms with Crippen molar-refractivity contribution in [3.63, 3.8) is 0 Å². The first-order chi connectivity index (χ1) is 21.4. The zero-order valence-corrected chi connectivity index (χ0v) is 24.8. The van der Waals surface area contributed by atoms with Crippen LogP contribution in [-0.2, 0) is 15.7 Å². The van der Waals surface area contributed by atoms with E-state index in [2.05, 4.69) is 4.99 Å². The molecule has 14 heteroatoms. The Bertz CT molecular complexity index is 2020. The fraction of sp³-hybridized carbons (Fsp3) is 0.194. The van der Waals surface area contributed by atoms with Crippen molar-refractivity contribution in [1.29, 1.82) is 0 Å². The molecular formula is C31H24F3N3O7S. The minimum atomic E-state index is -4.78. The number of hydrogen-bond acceptors (Lipinski definition) is 9. The molecular weight excluding hydrogens is 615 g/mol. The molecule has 4 aromatic rings. The van der Waals surface area contributed by atoms with Gasteiger partial charge in [-0.05, 0) is 55.3 Å². The number of nitro benzene ring substituents is 1. The van der Waals surface area contributed by atoms with Crippen molar-refractivity contribution in [3.8, 4) is 17.2 Å². The summed E-state index contributed by atoms with van der Waals surface area (Å²) in [5.41, 5.74) is -0.598. The fourth-order valence-electron chi connectivity index (χ4n) is 4.79. The lowest BCUT2D eigenvalue weighted by Gasteiger charge is -2.24. The van der Waals surface area contributed by atoms with Gasteiger partial charge in [0.25, 0.3) is 5.56 Å². The standard InChI is InChI=1S/C31H24F3N3O7S/c1-4-43-29(39)26-17(2)35-30-36(27(26)19-8-6-5-7-9-19)28(38)25(45-30)15-18-10-12-23(24(14-18)42-3)44-22-13-11-20(31(32,33)34)16-21(22)37(40)41/h5-16,27H,4H2,1-3H3/b25-15-/t27-/m0/s1. The van der Waals surface area contributed by atoms with Crippen LogP contribution < -0.4 is 24.4 Å². The van der Waals surface area contributed by atoms with Crippen molar-refractivity contribution >= 4 is 29.1 Å². The Balaban J connectivity index is 1.56. The van der Waals surface area contributed by atoms with Crippen LogP contribution in [0.3, 0.4) is 0 Å². The number of esters is 1. The van der Waals surface area contributed by atoms with E-state index in [-0.39, 0.29) is 23.7 Å². The molecule has 0 amide bonds. The van der Waals surface area contributed by atoms with E-state index in [0.717, 1.165) is 17.4 Å². The predicted octanol–water partition coefficient (Wildman–Crippen LogP) is 5.53. The van der Waals surface area contributed by atoms with Crippen LogP contribution in [0, 0.1) is 10.1 Å². The average Bonchev–Trinajstić information content (AvgIpc) is 3.30. The van der Waals surface area contributed by atoms with Crippen LogP contribution in [0.2, 0.25) is 0 Å². The number of aromatic nitrogens is 1. The van der Waals surface area contributed by atoms with E-state index in [4.69, 9.17) is 14.2 Å². The summed E-state index contributed by atoms with van der Waals surface area (Å²) >= 11 is 1.12. The molecule has 10 nitrogen and oxygen atoms in total. The maximum Gasteiger partial charge on any atom is 0.416 e. The molecule has 0 aliphatic carbocycles. The lowest BCUT2D eigenvalue weighted by atomic mass is 9.96. The van der Waals surface area contributed by atoms with E-state index in [1.807, 2.05) is 18.2 Å². The number of hydrogen-bond donors (Lipinski definition) is 0. The third kappa shape index (κ3) is 6.22. The molecule has 232 valence electrons. The first-order valence-corrected chi connectivity index (χ1v) is 14.2. The van der Waals surface area contributed by atoms with Gasteiger partial charge < -0.3 is 14.2 Å². The van der Waals surface area contributed by atoms with Gasteiger partial charge in [-0.1, -0.05) is 47.7 Å². The second-order valence-corrected chi connectivity index (χ2v) is 10.7. The number of carbonyl (C=O) groups is 1. The molecule has 5 rings (SSSR count). The van der Waals surface area contributed by atoms with Gasteiger partial charge in [-0.15, -0.1) is 0 Å². The third-order valence-corrected chi connectivity index (χ3v) is 7.80. The molecule has 2 heterocycles. The number of rotatable bonds is 8. The Morgan fingerprint density at radius 3 is 2.44 bits per heavy atom. The molecule has 1 aliphatic heterocycles. The summed E-state index contributed by atoms with van der Waals surface area (Å²) < 4.78 is 57.4. The first kappa shape index (κ1) is 31.2. The number of thiazole rings is 1. The summed E-state index contributed by atoms with van der Waals surface area (Å²) in [6.45, 7) is 3.52. The minimum absolute atomic E-state index is 0.00208. The normalized spacial score (nSPS) is 14.9. The highest BCUT2D eigenvalue weighted by atomic mass is 32.1. The van der Waals surface area contributed by atoms with Gasteiger partial charge in [0.1, 0.15) is 0 Å². The quantitative estimate of drug-likeness (QED) is 0.141. The number of alkyl halides is 3. The van der Waals surface area contributed by atoms with Crippen LogP contribution in [0.25, 0.3) is 6.08 Å². The van der Waals surface area contributed by atoms with Gasteiger partial charge in [-0.2, -0.15) is 13.2 Å². The summed E-state index contributed by atoms with van der Waals surface area (Å²) in [6, 6.07) is 14.7. The largest absolute Gasteiger partial charge is 0.493 e. The second-order valence-electron chi connectivity index (χ2n) is 9.66. The van der Waals surface area contributed by atoms with Crippen molar-refractivity contribution in [2.45, 2.75) is 26.1 Å². The van der Waals surface area contributed by atoms with E-state index in [0.29, 0.717) is 38.3 Å². The minimum Gasteiger partial charge on any atom is -0.493 e. The van der Waals surface area contributed by atoms with E-state index in [1.165, 1.54) is 23.8 Å². The predicted molar refractivity (Wildman–Crippen MR) is 158 cm³/mol. The van der Waals surface area contributed by atoms with Gasteiger partial charge in [-0.3, -0.25) is 19.5 Å². The van der Waals surface area contributed by atoms with Gasteiger partial charge in [0.15, 0.2) is 16.3 Å². The molecule has 0 radical (unpaired) electrons. The van der Waals surface area contributed by atoms with Gasteiger partial charge in [0, 0.05) is 6.07 Å². The number of carbonyl (C=O) groups excluding carboxylic acids is 1. The smallest absolute Gasteiger partial charge is 0.416 e. The summed E-state index contributed by atoms with van der Waals surface area (Å²) in [6.07, 6.45) is -3.19. The Hall–Kier alpha value is -5.24.